The first-order chi connectivity index (χ1) is 16.5. The second-order valence-corrected chi connectivity index (χ2v) is 7.86. The van der Waals surface area contributed by atoms with Gasteiger partial charge in [-0.1, -0.05) is 36.4 Å². The minimum atomic E-state index is -1.21. The third-order valence-electron chi connectivity index (χ3n) is 5.51. The average Bonchev–Trinajstić information content (AvgIpc) is 3.33. The molecule has 1 amide bonds. The molecule has 4 N–H and O–H groups in total. The van der Waals surface area contributed by atoms with Crippen molar-refractivity contribution in [1.82, 2.24) is 15.5 Å². The van der Waals surface area contributed by atoms with Gasteiger partial charge in [-0.25, -0.2) is 8.78 Å². The van der Waals surface area contributed by atoms with Crippen molar-refractivity contribution >= 4 is 5.91 Å². The van der Waals surface area contributed by atoms with Crippen LogP contribution in [0.15, 0.2) is 78.9 Å². The van der Waals surface area contributed by atoms with Gasteiger partial charge >= 0.3 is 0 Å². The number of hydrogen-bond donors (Lipinski definition) is 4. The molecule has 8 heteroatoms. The van der Waals surface area contributed by atoms with E-state index in [1.54, 1.807) is 18.2 Å². The summed E-state index contributed by atoms with van der Waals surface area (Å²) in [5.41, 5.74) is 2.26. The van der Waals surface area contributed by atoms with Crippen LogP contribution in [0.4, 0.5) is 8.78 Å². The molecule has 0 unspecified atom stereocenters. The van der Waals surface area contributed by atoms with Gasteiger partial charge in [-0.2, -0.15) is 5.10 Å². The van der Waals surface area contributed by atoms with Crippen molar-refractivity contribution in [2.45, 2.75) is 18.6 Å². The number of aromatic amines is 1. The molecule has 0 aliphatic carbocycles. The lowest BCUT2D eigenvalue weighted by Crippen LogP contribution is -2.46. The zero-order valence-electron chi connectivity index (χ0n) is 18.1. The summed E-state index contributed by atoms with van der Waals surface area (Å²) in [4.78, 5) is 13.2. The van der Waals surface area contributed by atoms with E-state index in [9.17, 15) is 23.8 Å². The molecular weight excluding hydrogens is 440 g/mol. The highest BCUT2D eigenvalue weighted by molar-refractivity contribution is 6.01. The van der Waals surface area contributed by atoms with E-state index >= 15 is 0 Å². The Balaban J connectivity index is 1.63. The van der Waals surface area contributed by atoms with Crippen molar-refractivity contribution in [3.05, 3.63) is 102 Å². The second-order valence-electron chi connectivity index (χ2n) is 7.86. The smallest absolute Gasteiger partial charge is 0.252 e. The lowest BCUT2D eigenvalue weighted by Gasteiger charge is -2.23. The number of halogens is 2. The highest BCUT2D eigenvalue weighted by atomic mass is 19.1. The first-order valence-corrected chi connectivity index (χ1v) is 10.7. The first-order valence-electron chi connectivity index (χ1n) is 10.7. The van der Waals surface area contributed by atoms with E-state index in [-0.39, 0.29) is 29.1 Å². The summed E-state index contributed by atoms with van der Waals surface area (Å²) in [6.45, 7) is -0.546. The maximum atomic E-state index is 14.9. The number of H-pyrrole nitrogens is 1. The van der Waals surface area contributed by atoms with Gasteiger partial charge in [0.05, 0.1) is 35.7 Å². The monoisotopic (exact) mass is 463 g/mol. The van der Waals surface area contributed by atoms with Crippen LogP contribution in [0.1, 0.15) is 15.9 Å². The number of benzene rings is 3. The molecule has 0 spiro atoms. The zero-order valence-corrected chi connectivity index (χ0v) is 18.1. The van der Waals surface area contributed by atoms with Crippen LogP contribution in [0.2, 0.25) is 0 Å². The fourth-order valence-electron chi connectivity index (χ4n) is 3.73. The lowest BCUT2D eigenvalue weighted by molar-refractivity contribution is 0.0567. The van der Waals surface area contributed by atoms with Crippen LogP contribution in [0, 0.1) is 11.6 Å². The summed E-state index contributed by atoms with van der Waals surface area (Å²) in [6, 6.07) is 19.8. The Kier molecular flexibility index (Phi) is 7.10. The number of rotatable bonds is 8. The number of aromatic nitrogens is 2. The van der Waals surface area contributed by atoms with Crippen molar-refractivity contribution < 1.29 is 23.8 Å². The number of amides is 1. The van der Waals surface area contributed by atoms with E-state index in [0.29, 0.717) is 11.3 Å². The van der Waals surface area contributed by atoms with E-state index < -0.39 is 30.5 Å². The molecule has 4 rings (SSSR count). The molecule has 1 heterocycles. The van der Waals surface area contributed by atoms with Gasteiger partial charge in [-0.15, -0.1) is 0 Å². The Hall–Kier alpha value is -3.88. The fourth-order valence-corrected chi connectivity index (χ4v) is 3.73. The molecule has 174 valence electrons. The van der Waals surface area contributed by atoms with Crippen molar-refractivity contribution in [3.8, 4) is 22.5 Å². The summed E-state index contributed by atoms with van der Waals surface area (Å²) in [7, 11) is 0. The van der Waals surface area contributed by atoms with E-state index in [0.717, 1.165) is 5.56 Å². The number of aliphatic hydroxyl groups is 2. The Labute approximate surface area is 194 Å². The topological polar surface area (TPSA) is 98.2 Å². The van der Waals surface area contributed by atoms with Gasteiger partial charge in [-0.3, -0.25) is 9.89 Å². The van der Waals surface area contributed by atoms with E-state index in [1.165, 1.54) is 30.3 Å². The molecule has 4 aromatic rings. The first kappa shape index (κ1) is 23.3. The largest absolute Gasteiger partial charge is 0.394 e. The fraction of sp³-hybridized carbons (Fsp3) is 0.154. The maximum absolute atomic E-state index is 14.9. The number of carbonyl (C=O) groups excluding carboxylic acids is 1. The summed E-state index contributed by atoms with van der Waals surface area (Å²) in [5, 5.41) is 29.4. The zero-order chi connectivity index (χ0) is 24.1. The summed E-state index contributed by atoms with van der Waals surface area (Å²) < 4.78 is 28.1. The van der Waals surface area contributed by atoms with Gasteiger partial charge in [0.2, 0.25) is 0 Å². The highest BCUT2D eigenvalue weighted by Gasteiger charge is 2.25. The molecule has 0 radical (unpaired) electrons. The molecule has 0 aliphatic rings. The molecular formula is C26H23F2N3O3. The third kappa shape index (κ3) is 5.19. The molecule has 1 aromatic heterocycles. The number of nitrogens with one attached hydrogen (secondary N) is 2. The van der Waals surface area contributed by atoms with E-state index in [1.807, 2.05) is 30.3 Å². The van der Waals surface area contributed by atoms with Gasteiger partial charge < -0.3 is 15.5 Å². The molecule has 0 aliphatic heterocycles. The minimum Gasteiger partial charge on any atom is -0.394 e. The lowest BCUT2D eigenvalue weighted by atomic mass is 9.99. The van der Waals surface area contributed by atoms with Crippen molar-refractivity contribution in [3.63, 3.8) is 0 Å². The molecule has 0 fully saturated rings. The van der Waals surface area contributed by atoms with E-state index in [2.05, 4.69) is 15.5 Å². The normalized spacial score (nSPS) is 12.8. The van der Waals surface area contributed by atoms with Crippen LogP contribution < -0.4 is 5.32 Å². The number of nitrogens with zero attached hydrogens (tertiary/aromatic N) is 1. The number of carbonyl (C=O) groups is 1. The van der Waals surface area contributed by atoms with Gasteiger partial charge in [0.15, 0.2) is 0 Å². The van der Waals surface area contributed by atoms with Gasteiger partial charge in [-0.05, 0) is 54.4 Å². The maximum Gasteiger partial charge on any atom is 0.252 e. The molecule has 0 saturated heterocycles. The summed E-state index contributed by atoms with van der Waals surface area (Å²) >= 11 is 0. The quantitative estimate of drug-likeness (QED) is 0.320. The van der Waals surface area contributed by atoms with Crippen LogP contribution >= 0.6 is 0 Å². The highest BCUT2D eigenvalue weighted by Crippen LogP contribution is 2.29. The number of aliphatic hydroxyl groups excluding tert-OH is 2. The van der Waals surface area contributed by atoms with Crippen LogP contribution in [0.3, 0.4) is 0 Å². The van der Waals surface area contributed by atoms with Crippen LogP contribution in [0.5, 0.6) is 0 Å². The van der Waals surface area contributed by atoms with Crippen LogP contribution in [0.25, 0.3) is 22.5 Å². The molecule has 34 heavy (non-hydrogen) atoms. The van der Waals surface area contributed by atoms with Gasteiger partial charge in [0.1, 0.15) is 11.6 Å². The Morgan fingerprint density at radius 2 is 1.74 bits per heavy atom. The molecule has 0 bridgehead atoms. The minimum absolute atomic E-state index is 0.0119. The van der Waals surface area contributed by atoms with Gasteiger partial charge in [0.25, 0.3) is 5.91 Å². The van der Waals surface area contributed by atoms with Crippen LogP contribution in [-0.2, 0) is 6.42 Å². The Morgan fingerprint density at radius 3 is 2.44 bits per heavy atom. The SMILES string of the molecule is O=C(N[C@H](Cc1ccccc1)[C@H](O)CO)c1cccc(F)c1-c1cc(-c2ccc(F)cc2)n[nH]1. The van der Waals surface area contributed by atoms with E-state index in [4.69, 9.17) is 0 Å². The van der Waals surface area contributed by atoms with Crippen molar-refractivity contribution in [2.75, 3.05) is 6.61 Å². The summed E-state index contributed by atoms with van der Waals surface area (Å²) in [5.74, 6) is -1.63. The van der Waals surface area contributed by atoms with Crippen molar-refractivity contribution in [1.29, 1.82) is 0 Å². The average molecular weight is 463 g/mol. The second kappa shape index (κ2) is 10.4. The van der Waals surface area contributed by atoms with Gasteiger partial charge in [0, 0.05) is 11.1 Å². The molecule has 6 nitrogen and oxygen atoms in total. The Morgan fingerprint density at radius 1 is 1.00 bits per heavy atom. The Bertz CT molecular complexity index is 1260. The number of hydrogen-bond acceptors (Lipinski definition) is 4. The molecule has 0 saturated carbocycles. The predicted molar refractivity (Wildman–Crippen MR) is 124 cm³/mol. The third-order valence-corrected chi connectivity index (χ3v) is 5.51. The molecule has 3 aromatic carbocycles. The standard InChI is InChI=1S/C26H23F2N3O3/c27-18-11-9-17(10-12-18)21-14-23(31-30-21)25-19(7-4-8-20(25)28)26(34)29-22(24(33)15-32)13-16-5-2-1-3-6-16/h1-12,14,22,24,32-33H,13,15H2,(H,29,34)(H,30,31)/t22-,24-/m1/s1. The predicted octanol–water partition coefficient (Wildman–Crippen LogP) is 3.72. The summed E-state index contributed by atoms with van der Waals surface area (Å²) in [6.07, 6.45) is -0.934. The molecule has 2 atom stereocenters. The van der Waals surface area contributed by atoms with Crippen LogP contribution in [-0.4, -0.2) is 45.1 Å². The van der Waals surface area contributed by atoms with Crippen molar-refractivity contribution in [2.24, 2.45) is 0 Å².